The van der Waals surface area contributed by atoms with Gasteiger partial charge in [-0.3, -0.25) is 9.78 Å². The summed E-state index contributed by atoms with van der Waals surface area (Å²) in [6.45, 7) is 0.484. The van der Waals surface area contributed by atoms with Crippen molar-refractivity contribution in [3.05, 3.63) is 35.6 Å². The van der Waals surface area contributed by atoms with Crippen molar-refractivity contribution < 1.29 is 14.7 Å². The van der Waals surface area contributed by atoms with Crippen LogP contribution in [0.1, 0.15) is 28.9 Å². The van der Waals surface area contributed by atoms with Crippen molar-refractivity contribution in [1.29, 1.82) is 0 Å². The Morgan fingerprint density at radius 2 is 2.05 bits per heavy atom. The highest BCUT2D eigenvalue weighted by atomic mass is 32.1. The number of amides is 1. The van der Waals surface area contributed by atoms with E-state index in [0.29, 0.717) is 17.8 Å². The fourth-order valence-electron chi connectivity index (χ4n) is 2.57. The Balaban J connectivity index is 1.83. The number of hydrogen-bond acceptors (Lipinski definition) is 5. The summed E-state index contributed by atoms with van der Waals surface area (Å²) in [5.41, 5.74) is 0.896. The van der Waals surface area contributed by atoms with Crippen molar-refractivity contribution >= 4 is 23.2 Å². The van der Waals surface area contributed by atoms with Gasteiger partial charge >= 0.3 is 5.97 Å². The van der Waals surface area contributed by atoms with Gasteiger partial charge in [-0.2, -0.15) is 0 Å². The standard InChI is InChI=1S/C15H15N3O3S/c19-14(18-8-2-1-3-11(18)15(20)21)12-9-17-13(22-12)10-4-6-16-7-5-10/h4-7,9,11H,1-3,8H2,(H,20,21). The smallest absolute Gasteiger partial charge is 0.326 e. The second kappa shape index (κ2) is 6.23. The van der Waals surface area contributed by atoms with E-state index in [4.69, 9.17) is 0 Å². The summed E-state index contributed by atoms with van der Waals surface area (Å²) < 4.78 is 0. The molecule has 0 bridgehead atoms. The number of piperidine rings is 1. The Labute approximate surface area is 131 Å². The summed E-state index contributed by atoms with van der Waals surface area (Å²) in [5.74, 6) is -1.18. The molecular weight excluding hydrogens is 302 g/mol. The average molecular weight is 317 g/mol. The van der Waals surface area contributed by atoms with Crippen LogP contribution in [-0.4, -0.2) is 44.4 Å². The van der Waals surface area contributed by atoms with Gasteiger partial charge in [0.25, 0.3) is 5.91 Å². The molecule has 1 fully saturated rings. The minimum Gasteiger partial charge on any atom is -0.480 e. The quantitative estimate of drug-likeness (QED) is 0.939. The lowest BCUT2D eigenvalue weighted by Crippen LogP contribution is -2.47. The molecule has 114 valence electrons. The third-order valence-corrected chi connectivity index (χ3v) is 4.73. The number of aliphatic carboxylic acids is 1. The fraction of sp³-hybridized carbons (Fsp3) is 0.333. The van der Waals surface area contributed by atoms with E-state index in [9.17, 15) is 14.7 Å². The molecule has 0 saturated carbocycles. The Bertz CT molecular complexity index is 686. The Hall–Kier alpha value is -2.28. The molecule has 1 saturated heterocycles. The summed E-state index contributed by atoms with van der Waals surface area (Å²) in [5, 5.41) is 10.0. The number of pyridine rings is 1. The van der Waals surface area contributed by atoms with E-state index in [1.54, 1.807) is 12.4 Å². The van der Waals surface area contributed by atoms with E-state index < -0.39 is 12.0 Å². The van der Waals surface area contributed by atoms with E-state index in [0.717, 1.165) is 23.4 Å². The number of nitrogens with zero attached hydrogens (tertiary/aromatic N) is 3. The molecule has 0 radical (unpaired) electrons. The van der Waals surface area contributed by atoms with E-state index in [-0.39, 0.29) is 5.91 Å². The van der Waals surface area contributed by atoms with Crippen LogP contribution in [0.15, 0.2) is 30.7 Å². The van der Waals surface area contributed by atoms with Crippen molar-refractivity contribution in [2.24, 2.45) is 0 Å². The van der Waals surface area contributed by atoms with Crippen LogP contribution in [0.3, 0.4) is 0 Å². The molecule has 3 heterocycles. The number of thiazole rings is 1. The molecule has 0 spiro atoms. The first-order chi connectivity index (χ1) is 10.7. The fourth-order valence-corrected chi connectivity index (χ4v) is 3.45. The lowest BCUT2D eigenvalue weighted by Gasteiger charge is -2.32. The van der Waals surface area contributed by atoms with Crippen LogP contribution in [0, 0.1) is 0 Å². The molecule has 1 amide bonds. The third kappa shape index (κ3) is 2.85. The normalized spacial score (nSPS) is 18.2. The molecule has 1 unspecified atom stereocenters. The highest BCUT2D eigenvalue weighted by Crippen LogP contribution is 2.27. The minimum absolute atomic E-state index is 0.245. The monoisotopic (exact) mass is 317 g/mol. The maximum Gasteiger partial charge on any atom is 0.326 e. The third-order valence-electron chi connectivity index (χ3n) is 3.69. The maximum absolute atomic E-state index is 12.6. The zero-order valence-electron chi connectivity index (χ0n) is 11.8. The Morgan fingerprint density at radius 3 is 2.77 bits per heavy atom. The second-order valence-corrected chi connectivity index (χ2v) is 6.14. The predicted octanol–water partition coefficient (Wildman–Crippen LogP) is 2.28. The van der Waals surface area contributed by atoms with Gasteiger partial charge in [0, 0.05) is 24.5 Å². The molecule has 1 atom stereocenters. The first-order valence-electron chi connectivity index (χ1n) is 7.07. The topological polar surface area (TPSA) is 83.4 Å². The Morgan fingerprint density at radius 1 is 1.27 bits per heavy atom. The number of rotatable bonds is 3. The van der Waals surface area contributed by atoms with Gasteiger partial charge in [0.2, 0.25) is 0 Å². The number of carboxylic acid groups (broad SMARTS) is 1. The molecule has 3 rings (SSSR count). The van der Waals surface area contributed by atoms with Crippen LogP contribution < -0.4 is 0 Å². The van der Waals surface area contributed by atoms with Crippen LogP contribution in [0.25, 0.3) is 10.6 Å². The van der Waals surface area contributed by atoms with Crippen molar-refractivity contribution in [2.45, 2.75) is 25.3 Å². The number of carbonyl (C=O) groups is 2. The van der Waals surface area contributed by atoms with Crippen LogP contribution in [0.5, 0.6) is 0 Å². The number of aromatic nitrogens is 2. The lowest BCUT2D eigenvalue weighted by atomic mass is 10.0. The van der Waals surface area contributed by atoms with Crippen LogP contribution in [0.4, 0.5) is 0 Å². The summed E-state index contributed by atoms with van der Waals surface area (Å²) >= 11 is 1.28. The zero-order chi connectivity index (χ0) is 15.5. The molecule has 6 nitrogen and oxygen atoms in total. The molecular formula is C15H15N3O3S. The molecule has 2 aromatic heterocycles. The van der Waals surface area contributed by atoms with Gasteiger partial charge < -0.3 is 10.0 Å². The van der Waals surface area contributed by atoms with Gasteiger partial charge in [-0.1, -0.05) is 0 Å². The highest BCUT2D eigenvalue weighted by Gasteiger charge is 2.33. The van der Waals surface area contributed by atoms with Crippen molar-refractivity contribution in [3.63, 3.8) is 0 Å². The van der Waals surface area contributed by atoms with Gasteiger partial charge in [-0.05, 0) is 31.4 Å². The molecule has 1 aliphatic rings. The average Bonchev–Trinajstić information content (AvgIpc) is 3.05. The first-order valence-corrected chi connectivity index (χ1v) is 7.88. The van der Waals surface area contributed by atoms with E-state index in [1.165, 1.54) is 22.4 Å². The summed E-state index contributed by atoms with van der Waals surface area (Å²) in [4.78, 5) is 34.0. The number of hydrogen-bond donors (Lipinski definition) is 1. The SMILES string of the molecule is O=C(O)C1CCCCN1C(=O)c1cnc(-c2ccncc2)s1. The van der Waals surface area contributed by atoms with Gasteiger partial charge in [-0.25, -0.2) is 9.78 Å². The lowest BCUT2D eigenvalue weighted by molar-refractivity contribution is -0.143. The highest BCUT2D eigenvalue weighted by molar-refractivity contribution is 7.16. The second-order valence-electron chi connectivity index (χ2n) is 5.11. The minimum atomic E-state index is -0.938. The predicted molar refractivity (Wildman–Crippen MR) is 81.7 cm³/mol. The molecule has 1 aliphatic heterocycles. The Kier molecular flexibility index (Phi) is 4.15. The summed E-state index contributed by atoms with van der Waals surface area (Å²) in [6.07, 6.45) is 7.05. The molecule has 2 aromatic rings. The van der Waals surface area contributed by atoms with Crippen LogP contribution >= 0.6 is 11.3 Å². The van der Waals surface area contributed by atoms with Crippen LogP contribution in [-0.2, 0) is 4.79 Å². The van der Waals surface area contributed by atoms with Gasteiger partial charge in [0.1, 0.15) is 15.9 Å². The maximum atomic E-state index is 12.6. The molecule has 22 heavy (non-hydrogen) atoms. The summed E-state index contributed by atoms with van der Waals surface area (Å²) in [7, 11) is 0. The molecule has 7 heteroatoms. The van der Waals surface area contributed by atoms with Crippen molar-refractivity contribution in [3.8, 4) is 10.6 Å². The number of carboxylic acids is 1. The van der Waals surface area contributed by atoms with E-state index in [2.05, 4.69) is 9.97 Å². The van der Waals surface area contributed by atoms with Gasteiger partial charge in [0.05, 0.1) is 6.20 Å². The van der Waals surface area contributed by atoms with Gasteiger partial charge in [-0.15, -0.1) is 11.3 Å². The first kappa shape index (κ1) is 14.6. The summed E-state index contributed by atoms with van der Waals surface area (Å²) in [6, 6.07) is 2.93. The number of likely N-dealkylation sites (tertiary alicyclic amines) is 1. The van der Waals surface area contributed by atoms with E-state index in [1.807, 2.05) is 12.1 Å². The van der Waals surface area contributed by atoms with E-state index >= 15 is 0 Å². The van der Waals surface area contributed by atoms with Crippen molar-refractivity contribution in [2.75, 3.05) is 6.54 Å². The van der Waals surface area contributed by atoms with Gasteiger partial charge in [0.15, 0.2) is 0 Å². The largest absolute Gasteiger partial charge is 0.480 e. The molecule has 1 N–H and O–H groups in total. The number of carbonyl (C=O) groups excluding carboxylic acids is 1. The zero-order valence-corrected chi connectivity index (χ0v) is 12.6. The van der Waals surface area contributed by atoms with Crippen molar-refractivity contribution in [1.82, 2.24) is 14.9 Å². The van der Waals surface area contributed by atoms with Crippen LogP contribution in [0.2, 0.25) is 0 Å². The molecule has 0 aliphatic carbocycles. The molecule has 0 aromatic carbocycles.